The minimum atomic E-state index is -3.70. The predicted molar refractivity (Wildman–Crippen MR) is 73.7 cm³/mol. The number of benzene rings is 1. The van der Waals surface area contributed by atoms with E-state index in [1.165, 1.54) is 12.1 Å². The van der Waals surface area contributed by atoms with E-state index in [1.807, 2.05) is 0 Å². The third kappa shape index (κ3) is 5.85. The van der Waals surface area contributed by atoms with Crippen LogP contribution in [0.1, 0.15) is 32.3 Å². The van der Waals surface area contributed by atoms with E-state index < -0.39 is 10.0 Å². The summed E-state index contributed by atoms with van der Waals surface area (Å²) in [7, 11) is -3.70. The molecule has 1 rings (SSSR count). The summed E-state index contributed by atoms with van der Waals surface area (Å²) in [5, 5.41) is 7.81. The predicted octanol–water partition coefficient (Wildman–Crippen LogP) is 1.39. The van der Waals surface area contributed by atoms with Crippen molar-refractivity contribution in [3.8, 4) is 0 Å². The van der Waals surface area contributed by atoms with Crippen LogP contribution in [0.25, 0.3) is 0 Å². The molecule has 0 aliphatic heterocycles. The zero-order valence-corrected chi connectivity index (χ0v) is 12.0. The van der Waals surface area contributed by atoms with E-state index in [2.05, 4.69) is 19.2 Å². The Morgan fingerprint density at radius 1 is 1.37 bits per heavy atom. The Hall–Kier alpha value is -1.40. The number of rotatable bonds is 6. The third-order valence-corrected chi connectivity index (χ3v) is 3.58. The normalized spacial score (nSPS) is 11.6. The van der Waals surface area contributed by atoms with Gasteiger partial charge in [0.15, 0.2) is 0 Å². The second-order valence-corrected chi connectivity index (χ2v) is 6.46. The molecule has 0 aromatic heterocycles. The Labute approximate surface area is 114 Å². The lowest BCUT2D eigenvalue weighted by Crippen LogP contribution is -2.23. The number of amides is 1. The molecule has 0 bridgehead atoms. The van der Waals surface area contributed by atoms with Crippen LogP contribution in [0, 0.1) is 5.92 Å². The molecule has 5 nitrogen and oxygen atoms in total. The van der Waals surface area contributed by atoms with Gasteiger partial charge in [-0.05, 0) is 30.0 Å². The molecule has 0 fully saturated rings. The van der Waals surface area contributed by atoms with Gasteiger partial charge in [0.2, 0.25) is 15.9 Å². The maximum atomic E-state index is 11.5. The van der Waals surface area contributed by atoms with Crippen molar-refractivity contribution in [1.82, 2.24) is 5.32 Å². The molecule has 0 radical (unpaired) electrons. The van der Waals surface area contributed by atoms with Gasteiger partial charge in [-0.25, -0.2) is 13.6 Å². The van der Waals surface area contributed by atoms with Crippen LogP contribution in [0.15, 0.2) is 29.2 Å². The summed E-state index contributed by atoms with van der Waals surface area (Å²) >= 11 is 0. The molecule has 1 aromatic rings. The Kier molecular flexibility index (Phi) is 5.50. The number of nitrogens with two attached hydrogens (primary N) is 1. The maximum Gasteiger partial charge on any atom is 0.238 e. The van der Waals surface area contributed by atoms with Crippen LogP contribution in [-0.2, 0) is 21.4 Å². The first kappa shape index (κ1) is 15.7. The summed E-state index contributed by atoms with van der Waals surface area (Å²) in [5.41, 5.74) is 0.712. The first-order valence-electron chi connectivity index (χ1n) is 6.17. The molecule has 19 heavy (non-hydrogen) atoms. The average Bonchev–Trinajstić information content (AvgIpc) is 2.33. The molecule has 1 amide bonds. The number of sulfonamides is 1. The SMILES string of the molecule is CC(C)CCC(=O)NCc1cccc(S(N)(=O)=O)c1. The minimum Gasteiger partial charge on any atom is -0.352 e. The van der Waals surface area contributed by atoms with E-state index in [1.54, 1.807) is 12.1 Å². The van der Waals surface area contributed by atoms with Gasteiger partial charge in [0.05, 0.1) is 4.90 Å². The quantitative estimate of drug-likeness (QED) is 0.827. The van der Waals surface area contributed by atoms with Gasteiger partial charge in [0.25, 0.3) is 0 Å². The smallest absolute Gasteiger partial charge is 0.238 e. The zero-order chi connectivity index (χ0) is 14.5. The Bertz CT molecular complexity index is 539. The van der Waals surface area contributed by atoms with Gasteiger partial charge in [0.1, 0.15) is 0 Å². The highest BCUT2D eigenvalue weighted by molar-refractivity contribution is 7.89. The lowest BCUT2D eigenvalue weighted by molar-refractivity contribution is -0.121. The summed E-state index contributed by atoms with van der Waals surface area (Å²) in [6, 6.07) is 6.25. The van der Waals surface area contributed by atoms with Crippen molar-refractivity contribution in [2.75, 3.05) is 0 Å². The van der Waals surface area contributed by atoms with Crippen LogP contribution < -0.4 is 10.5 Å². The second-order valence-electron chi connectivity index (χ2n) is 4.90. The molecule has 106 valence electrons. The largest absolute Gasteiger partial charge is 0.352 e. The summed E-state index contributed by atoms with van der Waals surface area (Å²) in [6.07, 6.45) is 1.32. The first-order chi connectivity index (χ1) is 8.79. The fourth-order valence-corrected chi connectivity index (χ4v) is 2.13. The van der Waals surface area contributed by atoms with Crippen molar-refractivity contribution in [2.45, 2.75) is 38.1 Å². The number of nitrogens with one attached hydrogen (secondary N) is 1. The molecule has 3 N–H and O–H groups in total. The second kappa shape index (κ2) is 6.68. The molecule has 0 aliphatic rings. The van der Waals surface area contributed by atoms with E-state index >= 15 is 0 Å². The highest BCUT2D eigenvalue weighted by atomic mass is 32.2. The molecule has 0 saturated heterocycles. The van der Waals surface area contributed by atoms with E-state index in [4.69, 9.17) is 5.14 Å². The molecule has 1 aromatic carbocycles. The van der Waals surface area contributed by atoms with Gasteiger partial charge in [-0.1, -0.05) is 26.0 Å². The Morgan fingerprint density at radius 3 is 2.63 bits per heavy atom. The molecule has 0 spiro atoms. The number of hydrogen-bond donors (Lipinski definition) is 2. The molecular formula is C13H20N2O3S. The van der Waals surface area contributed by atoms with Gasteiger partial charge in [-0.3, -0.25) is 4.79 Å². The monoisotopic (exact) mass is 284 g/mol. The molecule has 0 atom stereocenters. The van der Waals surface area contributed by atoms with Crippen molar-refractivity contribution in [3.63, 3.8) is 0 Å². The fourth-order valence-electron chi connectivity index (χ4n) is 1.54. The molecular weight excluding hydrogens is 264 g/mol. The maximum absolute atomic E-state index is 11.5. The Balaban J connectivity index is 2.57. The standard InChI is InChI=1S/C13H20N2O3S/c1-10(2)6-7-13(16)15-9-11-4-3-5-12(8-11)19(14,17)18/h3-5,8,10H,6-7,9H2,1-2H3,(H,15,16)(H2,14,17,18). The zero-order valence-electron chi connectivity index (χ0n) is 11.2. The molecule has 6 heteroatoms. The van der Waals surface area contributed by atoms with E-state index in [-0.39, 0.29) is 10.8 Å². The number of primary sulfonamides is 1. The van der Waals surface area contributed by atoms with Crippen LogP contribution in [-0.4, -0.2) is 14.3 Å². The van der Waals surface area contributed by atoms with Crippen molar-refractivity contribution >= 4 is 15.9 Å². The van der Waals surface area contributed by atoms with Gasteiger partial charge in [-0.2, -0.15) is 0 Å². The topological polar surface area (TPSA) is 89.3 Å². The number of carbonyl (C=O) groups excluding carboxylic acids is 1. The van der Waals surface area contributed by atoms with Crippen LogP contribution in [0.4, 0.5) is 0 Å². The molecule has 0 aliphatic carbocycles. The minimum absolute atomic E-state index is 0.0327. The van der Waals surface area contributed by atoms with Gasteiger partial charge < -0.3 is 5.32 Å². The van der Waals surface area contributed by atoms with Crippen LogP contribution in [0.2, 0.25) is 0 Å². The molecule has 0 saturated carbocycles. The van der Waals surface area contributed by atoms with Crippen molar-refractivity contribution in [3.05, 3.63) is 29.8 Å². The summed E-state index contributed by atoms with van der Waals surface area (Å²) < 4.78 is 22.4. The lowest BCUT2D eigenvalue weighted by atomic mass is 10.1. The van der Waals surface area contributed by atoms with E-state index in [9.17, 15) is 13.2 Å². The van der Waals surface area contributed by atoms with Crippen molar-refractivity contribution in [2.24, 2.45) is 11.1 Å². The fraction of sp³-hybridized carbons (Fsp3) is 0.462. The number of hydrogen-bond acceptors (Lipinski definition) is 3. The molecule has 0 unspecified atom stereocenters. The van der Waals surface area contributed by atoms with Crippen LogP contribution >= 0.6 is 0 Å². The van der Waals surface area contributed by atoms with Crippen molar-refractivity contribution in [1.29, 1.82) is 0 Å². The van der Waals surface area contributed by atoms with Gasteiger partial charge in [-0.15, -0.1) is 0 Å². The Morgan fingerprint density at radius 2 is 2.05 bits per heavy atom. The molecule has 0 heterocycles. The highest BCUT2D eigenvalue weighted by Gasteiger charge is 2.08. The number of carbonyl (C=O) groups is 1. The summed E-state index contributed by atoms with van der Waals surface area (Å²) in [5.74, 6) is 0.450. The van der Waals surface area contributed by atoms with Crippen molar-refractivity contribution < 1.29 is 13.2 Å². The highest BCUT2D eigenvalue weighted by Crippen LogP contribution is 2.10. The van der Waals surface area contributed by atoms with E-state index in [0.29, 0.717) is 24.4 Å². The first-order valence-corrected chi connectivity index (χ1v) is 7.72. The van der Waals surface area contributed by atoms with E-state index in [0.717, 1.165) is 6.42 Å². The van der Waals surface area contributed by atoms with Gasteiger partial charge in [0, 0.05) is 13.0 Å². The summed E-state index contributed by atoms with van der Waals surface area (Å²) in [6.45, 7) is 4.42. The lowest BCUT2D eigenvalue weighted by Gasteiger charge is -2.07. The average molecular weight is 284 g/mol. The van der Waals surface area contributed by atoms with Crippen LogP contribution in [0.5, 0.6) is 0 Å². The third-order valence-electron chi connectivity index (χ3n) is 2.67. The van der Waals surface area contributed by atoms with Crippen LogP contribution in [0.3, 0.4) is 0 Å². The summed E-state index contributed by atoms with van der Waals surface area (Å²) in [4.78, 5) is 11.6. The van der Waals surface area contributed by atoms with Gasteiger partial charge >= 0.3 is 0 Å².